The minimum atomic E-state index is 0.194. The Bertz CT molecular complexity index is 884. The molecule has 0 saturated heterocycles. The van der Waals surface area contributed by atoms with Crippen molar-refractivity contribution in [3.63, 3.8) is 0 Å². The highest BCUT2D eigenvalue weighted by Crippen LogP contribution is 2.27. The molecule has 0 fully saturated rings. The molecule has 1 amide bonds. The van der Waals surface area contributed by atoms with Crippen molar-refractivity contribution in [1.29, 1.82) is 0 Å². The SMILES string of the molecule is O=C(Cc1cccc(Br)c1)N1CCc2[nH]c3ccccc3c2C1. The van der Waals surface area contributed by atoms with Crippen molar-refractivity contribution in [2.24, 2.45) is 0 Å². The zero-order chi connectivity index (χ0) is 15.8. The smallest absolute Gasteiger partial charge is 0.227 e. The van der Waals surface area contributed by atoms with E-state index in [1.54, 1.807) is 0 Å². The molecule has 3 aromatic rings. The molecular weight excluding hydrogens is 352 g/mol. The molecule has 1 aliphatic rings. The van der Waals surface area contributed by atoms with E-state index in [0.717, 1.165) is 23.0 Å². The fourth-order valence-corrected chi connectivity index (χ4v) is 3.76. The lowest BCUT2D eigenvalue weighted by Gasteiger charge is -2.27. The highest BCUT2D eigenvalue weighted by Gasteiger charge is 2.23. The van der Waals surface area contributed by atoms with Gasteiger partial charge in [-0.25, -0.2) is 0 Å². The molecule has 0 spiro atoms. The van der Waals surface area contributed by atoms with E-state index in [9.17, 15) is 4.79 Å². The van der Waals surface area contributed by atoms with E-state index in [1.807, 2.05) is 35.2 Å². The Morgan fingerprint density at radius 1 is 1.17 bits per heavy atom. The first-order valence-corrected chi connectivity index (χ1v) is 8.61. The molecule has 0 atom stereocenters. The second kappa shape index (κ2) is 5.85. The predicted molar refractivity (Wildman–Crippen MR) is 95.3 cm³/mol. The molecule has 0 bridgehead atoms. The summed E-state index contributed by atoms with van der Waals surface area (Å²) in [5.41, 5.74) is 4.76. The van der Waals surface area contributed by atoms with Gasteiger partial charge in [-0.1, -0.05) is 46.3 Å². The van der Waals surface area contributed by atoms with E-state index in [2.05, 4.69) is 39.1 Å². The molecule has 2 aromatic carbocycles. The quantitative estimate of drug-likeness (QED) is 0.727. The number of carbonyl (C=O) groups excluding carboxylic acids is 1. The highest BCUT2D eigenvalue weighted by atomic mass is 79.9. The van der Waals surface area contributed by atoms with E-state index >= 15 is 0 Å². The summed E-state index contributed by atoms with van der Waals surface area (Å²) in [4.78, 5) is 18.1. The first-order valence-electron chi connectivity index (χ1n) is 7.81. The number of para-hydroxylation sites is 1. The maximum Gasteiger partial charge on any atom is 0.227 e. The molecule has 3 nitrogen and oxygen atoms in total. The summed E-state index contributed by atoms with van der Waals surface area (Å²) in [5.74, 6) is 0.194. The molecule has 0 aliphatic carbocycles. The summed E-state index contributed by atoms with van der Waals surface area (Å²) in [6.07, 6.45) is 1.35. The fourth-order valence-electron chi connectivity index (χ4n) is 3.31. The van der Waals surface area contributed by atoms with E-state index < -0.39 is 0 Å². The first-order chi connectivity index (χ1) is 11.2. The van der Waals surface area contributed by atoms with Crippen LogP contribution in [0.5, 0.6) is 0 Å². The maximum absolute atomic E-state index is 12.6. The van der Waals surface area contributed by atoms with Gasteiger partial charge in [-0.3, -0.25) is 4.79 Å². The summed E-state index contributed by atoms with van der Waals surface area (Å²) in [6.45, 7) is 1.48. The third-order valence-electron chi connectivity index (χ3n) is 4.48. The number of nitrogens with one attached hydrogen (secondary N) is 1. The number of aromatic amines is 1. The number of fused-ring (bicyclic) bond motifs is 3. The van der Waals surface area contributed by atoms with E-state index in [-0.39, 0.29) is 5.91 Å². The van der Waals surface area contributed by atoms with Crippen LogP contribution in [0, 0.1) is 0 Å². The van der Waals surface area contributed by atoms with Gasteiger partial charge in [0.2, 0.25) is 5.91 Å². The first kappa shape index (κ1) is 14.5. The standard InChI is InChI=1S/C19H17BrN2O/c20-14-5-3-4-13(10-14)11-19(23)22-9-8-18-16(12-22)15-6-1-2-7-17(15)21-18/h1-7,10,21H,8-9,11-12H2. The van der Waals surface area contributed by atoms with Crippen molar-refractivity contribution in [1.82, 2.24) is 9.88 Å². The van der Waals surface area contributed by atoms with Gasteiger partial charge in [0.15, 0.2) is 0 Å². The lowest BCUT2D eigenvalue weighted by molar-refractivity contribution is -0.131. The normalized spacial score (nSPS) is 14.0. The molecule has 4 rings (SSSR count). The van der Waals surface area contributed by atoms with Crippen molar-refractivity contribution >= 4 is 32.7 Å². The lowest BCUT2D eigenvalue weighted by Crippen LogP contribution is -2.36. The highest BCUT2D eigenvalue weighted by molar-refractivity contribution is 9.10. The number of hydrogen-bond acceptors (Lipinski definition) is 1. The topological polar surface area (TPSA) is 36.1 Å². The lowest BCUT2D eigenvalue weighted by atomic mass is 10.0. The number of H-pyrrole nitrogens is 1. The summed E-state index contributed by atoms with van der Waals surface area (Å²) in [6, 6.07) is 16.3. The minimum Gasteiger partial charge on any atom is -0.358 e. The number of halogens is 1. The zero-order valence-electron chi connectivity index (χ0n) is 12.7. The van der Waals surface area contributed by atoms with Crippen LogP contribution >= 0.6 is 15.9 Å². The average molecular weight is 369 g/mol. The molecule has 0 saturated carbocycles. The third kappa shape index (κ3) is 2.79. The van der Waals surface area contributed by atoms with E-state index in [4.69, 9.17) is 0 Å². The Hall–Kier alpha value is -2.07. The second-order valence-electron chi connectivity index (χ2n) is 6.00. The van der Waals surface area contributed by atoms with Crippen LogP contribution in [0.15, 0.2) is 53.0 Å². The molecule has 0 radical (unpaired) electrons. The van der Waals surface area contributed by atoms with Crippen LogP contribution < -0.4 is 0 Å². The maximum atomic E-state index is 12.6. The van der Waals surface area contributed by atoms with Crippen LogP contribution in [0.4, 0.5) is 0 Å². The summed E-state index contributed by atoms with van der Waals surface area (Å²) in [7, 11) is 0. The van der Waals surface area contributed by atoms with E-state index in [1.165, 1.54) is 22.2 Å². The van der Waals surface area contributed by atoms with E-state index in [0.29, 0.717) is 13.0 Å². The number of aromatic nitrogens is 1. The van der Waals surface area contributed by atoms with Gasteiger partial charge < -0.3 is 9.88 Å². The number of carbonyl (C=O) groups is 1. The van der Waals surface area contributed by atoms with Gasteiger partial charge in [0, 0.05) is 46.1 Å². The molecule has 23 heavy (non-hydrogen) atoms. The van der Waals surface area contributed by atoms with Crippen LogP contribution in [0.25, 0.3) is 10.9 Å². The van der Waals surface area contributed by atoms with Crippen LogP contribution in [0.3, 0.4) is 0 Å². The zero-order valence-corrected chi connectivity index (χ0v) is 14.3. The van der Waals surface area contributed by atoms with Gasteiger partial charge in [0.05, 0.1) is 6.42 Å². The van der Waals surface area contributed by atoms with Crippen molar-refractivity contribution in [3.05, 3.63) is 69.8 Å². The van der Waals surface area contributed by atoms with Gasteiger partial charge in [-0.15, -0.1) is 0 Å². The molecule has 1 N–H and O–H groups in total. The minimum absolute atomic E-state index is 0.194. The number of hydrogen-bond donors (Lipinski definition) is 1. The average Bonchev–Trinajstić information content (AvgIpc) is 2.92. The molecule has 116 valence electrons. The number of rotatable bonds is 2. The fraction of sp³-hybridized carbons (Fsp3) is 0.211. The van der Waals surface area contributed by atoms with Gasteiger partial charge in [0.1, 0.15) is 0 Å². The Labute approximate surface area is 143 Å². The van der Waals surface area contributed by atoms with Crippen LogP contribution in [-0.4, -0.2) is 22.3 Å². The van der Waals surface area contributed by atoms with Crippen LogP contribution in [0.2, 0.25) is 0 Å². The monoisotopic (exact) mass is 368 g/mol. The summed E-state index contributed by atoms with van der Waals surface area (Å²) in [5, 5.41) is 1.24. The molecule has 1 aliphatic heterocycles. The Balaban J connectivity index is 1.56. The van der Waals surface area contributed by atoms with Gasteiger partial charge >= 0.3 is 0 Å². The molecule has 4 heteroatoms. The Morgan fingerprint density at radius 2 is 2.04 bits per heavy atom. The third-order valence-corrected chi connectivity index (χ3v) is 4.97. The van der Waals surface area contributed by atoms with Crippen molar-refractivity contribution in [3.8, 4) is 0 Å². The van der Waals surface area contributed by atoms with Crippen molar-refractivity contribution < 1.29 is 4.79 Å². The number of nitrogens with zero attached hydrogens (tertiary/aromatic N) is 1. The summed E-state index contributed by atoms with van der Waals surface area (Å²) < 4.78 is 1.01. The largest absolute Gasteiger partial charge is 0.358 e. The van der Waals surface area contributed by atoms with Gasteiger partial charge in [0.25, 0.3) is 0 Å². The molecule has 2 heterocycles. The van der Waals surface area contributed by atoms with Crippen LogP contribution in [0.1, 0.15) is 16.8 Å². The van der Waals surface area contributed by atoms with Crippen molar-refractivity contribution in [2.45, 2.75) is 19.4 Å². The Kier molecular flexibility index (Phi) is 3.69. The molecular formula is C19H17BrN2O. The van der Waals surface area contributed by atoms with Crippen LogP contribution in [-0.2, 0) is 24.2 Å². The predicted octanol–water partition coefficient (Wildman–Crippen LogP) is 4.06. The van der Waals surface area contributed by atoms with Gasteiger partial charge in [-0.2, -0.15) is 0 Å². The van der Waals surface area contributed by atoms with Gasteiger partial charge in [-0.05, 0) is 23.8 Å². The Morgan fingerprint density at radius 3 is 2.91 bits per heavy atom. The number of amides is 1. The molecule has 0 unspecified atom stereocenters. The number of benzene rings is 2. The molecule has 1 aromatic heterocycles. The van der Waals surface area contributed by atoms with Crippen molar-refractivity contribution in [2.75, 3.05) is 6.54 Å². The summed E-state index contributed by atoms with van der Waals surface area (Å²) >= 11 is 3.46. The second-order valence-corrected chi connectivity index (χ2v) is 6.92.